The van der Waals surface area contributed by atoms with Crippen molar-refractivity contribution in [1.29, 1.82) is 0 Å². The average Bonchev–Trinajstić information content (AvgIpc) is 2.50. The summed E-state index contributed by atoms with van der Waals surface area (Å²) in [4.78, 5) is 2.56. The molecule has 0 unspecified atom stereocenters. The van der Waals surface area contributed by atoms with Gasteiger partial charge in [-0.25, -0.2) is 0 Å². The lowest BCUT2D eigenvalue weighted by atomic mass is 9.83. The zero-order valence-electron chi connectivity index (χ0n) is 15.4. The van der Waals surface area contributed by atoms with Crippen LogP contribution in [0.5, 0.6) is 0 Å². The fraction of sp³-hybridized carbons (Fsp3) is 0.455. The molecule has 1 heteroatoms. The second-order valence-corrected chi connectivity index (χ2v) is 7.65. The Bertz CT molecular complexity index is 710. The number of rotatable bonds is 3. The molecule has 2 aromatic carbocycles. The summed E-state index contributed by atoms with van der Waals surface area (Å²) in [5, 5.41) is 0. The predicted molar refractivity (Wildman–Crippen MR) is 101 cm³/mol. The molecule has 0 atom stereocenters. The number of hydrogen-bond donors (Lipinski definition) is 0. The molecule has 23 heavy (non-hydrogen) atoms. The third-order valence-corrected chi connectivity index (χ3v) is 4.92. The van der Waals surface area contributed by atoms with Crippen molar-refractivity contribution in [1.82, 2.24) is 0 Å². The topological polar surface area (TPSA) is 3.24 Å². The van der Waals surface area contributed by atoms with Gasteiger partial charge in [-0.3, -0.25) is 0 Å². The number of para-hydroxylation sites is 1. The smallest absolute Gasteiger partial charge is 0.0487 e. The summed E-state index contributed by atoms with van der Waals surface area (Å²) in [6.07, 6.45) is 1.05. The first kappa shape index (κ1) is 16.1. The van der Waals surface area contributed by atoms with Crippen molar-refractivity contribution in [2.24, 2.45) is 0 Å². The molecule has 0 N–H and O–H groups in total. The highest BCUT2D eigenvalue weighted by Crippen LogP contribution is 2.46. The van der Waals surface area contributed by atoms with Gasteiger partial charge in [0.25, 0.3) is 0 Å². The summed E-state index contributed by atoms with van der Waals surface area (Å²) in [5.74, 6) is 1.10. The van der Waals surface area contributed by atoms with Crippen molar-refractivity contribution >= 4 is 11.4 Å². The predicted octanol–water partition coefficient (Wildman–Crippen LogP) is 6.38. The number of fused-ring (bicyclic) bond motifs is 2. The van der Waals surface area contributed by atoms with E-state index in [1.54, 1.807) is 5.56 Å². The third kappa shape index (κ3) is 2.67. The Morgan fingerprint density at radius 3 is 2.09 bits per heavy atom. The molecule has 0 radical (unpaired) electrons. The van der Waals surface area contributed by atoms with E-state index < -0.39 is 0 Å². The van der Waals surface area contributed by atoms with E-state index in [-0.39, 0.29) is 0 Å². The standard InChI is InChI=1S/C22H29N/c1-14(2)19-12-11-18-13-17-9-7-8-10-20(17)23(16(5)6)22(18)21(19)15(3)4/h7-12,14-16H,13H2,1-6H3. The van der Waals surface area contributed by atoms with Gasteiger partial charge in [0, 0.05) is 23.8 Å². The first-order valence-corrected chi connectivity index (χ1v) is 8.94. The van der Waals surface area contributed by atoms with Crippen LogP contribution in [0, 0.1) is 0 Å². The van der Waals surface area contributed by atoms with Crippen LogP contribution in [0.1, 0.15) is 75.6 Å². The molecular weight excluding hydrogens is 278 g/mol. The lowest BCUT2D eigenvalue weighted by Gasteiger charge is -2.39. The molecule has 2 aromatic rings. The largest absolute Gasteiger partial charge is 0.338 e. The van der Waals surface area contributed by atoms with E-state index in [0.29, 0.717) is 17.9 Å². The molecule has 0 aliphatic carbocycles. The maximum Gasteiger partial charge on any atom is 0.0487 e. The highest BCUT2D eigenvalue weighted by atomic mass is 15.2. The minimum Gasteiger partial charge on any atom is -0.338 e. The highest BCUT2D eigenvalue weighted by molar-refractivity contribution is 5.78. The highest BCUT2D eigenvalue weighted by Gasteiger charge is 2.29. The summed E-state index contributed by atoms with van der Waals surface area (Å²) in [6, 6.07) is 14.1. The minimum atomic E-state index is 0.454. The minimum absolute atomic E-state index is 0.454. The summed E-state index contributed by atoms with van der Waals surface area (Å²) in [5.41, 5.74) is 8.83. The van der Waals surface area contributed by atoms with E-state index in [1.165, 1.54) is 28.1 Å². The van der Waals surface area contributed by atoms with Gasteiger partial charge in [-0.1, -0.05) is 58.0 Å². The molecule has 122 valence electrons. The molecule has 1 nitrogen and oxygen atoms in total. The molecule has 0 saturated carbocycles. The van der Waals surface area contributed by atoms with E-state index in [2.05, 4.69) is 82.8 Å². The van der Waals surface area contributed by atoms with E-state index in [1.807, 2.05) is 0 Å². The number of benzene rings is 2. The molecule has 0 fully saturated rings. The van der Waals surface area contributed by atoms with Crippen molar-refractivity contribution in [3.63, 3.8) is 0 Å². The molecule has 0 amide bonds. The van der Waals surface area contributed by atoms with E-state index in [0.717, 1.165) is 6.42 Å². The third-order valence-electron chi connectivity index (χ3n) is 4.92. The lowest BCUT2D eigenvalue weighted by Crippen LogP contribution is -2.31. The first-order chi connectivity index (χ1) is 10.9. The van der Waals surface area contributed by atoms with Gasteiger partial charge in [-0.05, 0) is 54.0 Å². The maximum absolute atomic E-state index is 2.56. The van der Waals surface area contributed by atoms with Gasteiger partial charge in [0.1, 0.15) is 0 Å². The van der Waals surface area contributed by atoms with Gasteiger partial charge in [-0.15, -0.1) is 0 Å². The second-order valence-electron chi connectivity index (χ2n) is 7.65. The molecule has 1 heterocycles. The normalized spacial score (nSPS) is 13.7. The molecule has 0 aromatic heterocycles. The quantitative estimate of drug-likeness (QED) is 0.635. The van der Waals surface area contributed by atoms with E-state index in [4.69, 9.17) is 0 Å². The van der Waals surface area contributed by atoms with Crippen molar-refractivity contribution in [2.75, 3.05) is 4.90 Å². The second kappa shape index (κ2) is 6.03. The van der Waals surface area contributed by atoms with Gasteiger partial charge in [-0.2, -0.15) is 0 Å². The Morgan fingerprint density at radius 1 is 0.783 bits per heavy atom. The fourth-order valence-electron chi connectivity index (χ4n) is 3.96. The van der Waals surface area contributed by atoms with Gasteiger partial charge in [0.15, 0.2) is 0 Å². The van der Waals surface area contributed by atoms with E-state index >= 15 is 0 Å². The van der Waals surface area contributed by atoms with Crippen LogP contribution in [-0.2, 0) is 6.42 Å². The maximum atomic E-state index is 2.56. The molecule has 1 aliphatic rings. The van der Waals surface area contributed by atoms with Gasteiger partial charge in [0.2, 0.25) is 0 Å². The number of hydrogen-bond acceptors (Lipinski definition) is 1. The van der Waals surface area contributed by atoms with Crippen LogP contribution in [0.25, 0.3) is 0 Å². The SMILES string of the molecule is CC(C)c1ccc2c(c1C(C)C)N(C(C)C)c1ccccc1C2. The number of anilines is 2. The summed E-state index contributed by atoms with van der Waals surface area (Å²) >= 11 is 0. The monoisotopic (exact) mass is 307 g/mol. The lowest BCUT2D eigenvalue weighted by molar-refractivity contribution is 0.737. The van der Waals surface area contributed by atoms with Crippen LogP contribution < -0.4 is 4.90 Å². The average molecular weight is 307 g/mol. The van der Waals surface area contributed by atoms with Gasteiger partial charge >= 0.3 is 0 Å². The van der Waals surface area contributed by atoms with Gasteiger partial charge < -0.3 is 4.90 Å². The molecule has 0 bridgehead atoms. The van der Waals surface area contributed by atoms with Gasteiger partial charge in [0.05, 0.1) is 0 Å². The van der Waals surface area contributed by atoms with Crippen molar-refractivity contribution in [3.8, 4) is 0 Å². The molecule has 1 aliphatic heterocycles. The summed E-state index contributed by atoms with van der Waals surface area (Å²) in [6.45, 7) is 13.9. The molecule has 0 spiro atoms. The first-order valence-electron chi connectivity index (χ1n) is 8.94. The zero-order chi connectivity index (χ0) is 16.7. The Hall–Kier alpha value is -1.76. The van der Waals surface area contributed by atoms with Crippen LogP contribution >= 0.6 is 0 Å². The van der Waals surface area contributed by atoms with Crippen LogP contribution in [0.2, 0.25) is 0 Å². The molecule has 3 rings (SSSR count). The van der Waals surface area contributed by atoms with Crippen LogP contribution in [-0.4, -0.2) is 6.04 Å². The Kier molecular flexibility index (Phi) is 4.23. The van der Waals surface area contributed by atoms with Crippen molar-refractivity contribution in [2.45, 2.75) is 65.8 Å². The summed E-state index contributed by atoms with van der Waals surface area (Å²) < 4.78 is 0. The zero-order valence-corrected chi connectivity index (χ0v) is 15.4. The van der Waals surface area contributed by atoms with Crippen molar-refractivity contribution < 1.29 is 0 Å². The number of nitrogens with zero attached hydrogens (tertiary/aromatic N) is 1. The Balaban J connectivity index is 2.30. The van der Waals surface area contributed by atoms with E-state index in [9.17, 15) is 0 Å². The van der Waals surface area contributed by atoms with Crippen LogP contribution in [0.4, 0.5) is 11.4 Å². The molecular formula is C22H29N. The van der Waals surface area contributed by atoms with Crippen LogP contribution in [0.3, 0.4) is 0 Å². The molecule has 0 saturated heterocycles. The Morgan fingerprint density at radius 2 is 1.48 bits per heavy atom. The summed E-state index contributed by atoms with van der Waals surface area (Å²) in [7, 11) is 0. The Labute approximate surface area is 141 Å². The fourth-order valence-corrected chi connectivity index (χ4v) is 3.96. The van der Waals surface area contributed by atoms with Crippen LogP contribution in [0.15, 0.2) is 36.4 Å². The van der Waals surface area contributed by atoms with Crippen molar-refractivity contribution in [3.05, 3.63) is 58.7 Å².